The van der Waals surface area contributed by atoms with Gasteiger partial charge in [0.2, 0.25) is 11.8 Å². The first-order chi connectivity index (χ1) is 10.6. The maximum atomic E-state index is 12.2. The number of pyridine rings is 1. The fourth-order valence-corrected chi connectivity index (χ4v) is 2.87. The number of carbonyl (C=O) groups excluding carboxylic acids is 2. The summed E-state index contributed by atoms with van der Waals surface area (Å²) in [6.07, 6.45) is 4.34. The van der Waals surface area contributed by atoms with Crippen LogP contribution in [0.4, 0.5) is 5.69 Å². The topological polar surface area (TPSA) is 65.5 Å². The molecule has 2 amide bonds. The molecule has 2 aliphatic rings. The van der Waals surface area contributed by atoms with Crippen LogP contribution in [0.25, 0.3) is 0 Å². The van der Waals surface area contributed by atoms with Crippen LogP contribution in [0.15, 0.2) is 24.5 Å². The zero-order chi connectivity index (χ0) is 15.5. The molecule has 6 heteroatoms. The maximum Gasteiger partial charge on any atom is 0.238 e. The highest BCUT2D eigenvalue weighted by Crippen LogP contribution is 2.39. The van der Waals surface area contributed by atoms with E-state index in [4.69, 9.17) is 0 Å². The molecule has 3 rings (SSSR count). The first-order valence-corrected chi connectivity index (χ1v) is 7.84. The van der Waals surface area contributed by atoms with Crippen LogP contribution in [-0.2, 0) is 9.59 Å². The molecule has 1 aromatic rings. The third kappa shape index (κ3) is 3.62. The van der Waals surface area contributed by atoms with E-state index < -0.39 is 0 Å². The highest BCUT2D eigenvalue weighted by atomic mass is 16.2. The zero-order valence-electron chi connectivity index (χ0n) is 12.9. The molecule has 0 spiro atoms. The number of rotatable bonds is 4. The Hall–Kier alpha value is -1.95. The Balaban J connectivity index is 1.42. The predicted molar refractivity (Wildman–Crippen MR) is 83.2 cm³/mol. The molecule has 2 fully saturated rings. The van der Waals surface area contributed by atoms with Crippen molar-refractivity contribution in [3.05, 3.63) is 24.5 Å². The van der Waals surface area contributed by atoms with Gasteiger partial charge in [-0.3, -0.25) is 19.5 Å². The molecule has 1 aliphatic heterocycles. The van der Waals surface area contributed by atoms with Crippen molar-refractivity contribution < 1.29 is 9.59 Å². The van der Waals surface area contributed by atoms with E-state index in [-0.39, 0.29) is 11.8 Å². The molecule has 2 heterocycles. The first-order valence-electron chi connectivity index (χ1n) is 7.84. The predicted octanol–water partition coefficient (Wildman–Crippen LogP) is 0.820. The van der Waals surface area contributed by atoms with Gasteiger partial charge in [0, 0.05) is 50.2 Å². The molecule has 1 aromatic heterocycles. The maximum absolute atomic E-state index is 12.2. The number of aromatic nitrogens is 1. The van der Waals surface area contributed by atoms with E-state index >= 15 is 0 Å². The van der Waals surface area contributed by atoms with Crippen LogP contribution in [0.1, 0.15) is 13.3 Å². The molecular weight excluding hydrogens is 280 g/mol. The normalized spacial score (nSPS) is 24.9. The van der Waals surface area contributed by atoms with Crippen LogP contribution in [0.5, 0.6) is 0 Å². The van der Waals surface area contributed by atoms with E-state index in [9.17, 15) is 9.59 Å². The quantitative estimate of drug-likeness (QED) is 0.894. The number of amides is 2. The summed E-state index contributed by atoms with van der Waals surface area (Å²) in [6.45, 7) is 5.47. The molecule has 0 radical (unpaired) electrons. The lowest BCUT2D eigenvalue weighted by Crippen LogP contribution is -2.51. The van der Waals surface area contributed by atoms with E-state index in [2.05, 4.69) is 22.1 Å². The smallest absolute Gasteiger partial charge is 0.238 e. The summed E-state index contributed by atoms with van der Waals surface area (Å²) in [4.78, 5) is 32.1. The molecule has 1 N–H and O–H groups in total. The van der Waals surface area contributed by atoms with Crippen molar-refractivity contribution in [2.24, 2.45) is 11.8 Å². The van der Waals surface area contributed by atoms with E-state index in [1.165, 1.54) is 0 Å². The van der Waals surface area contributed by atoms with Crippen LogP contribution in [-0.4, -0.2) is 59.3 Å². The van der Waals surface area contributed by atoms with Gasteiger partial charge >= 0.3 is 0 Å². The number of piperazine rings is 1. The standard InChI is InChI=1S/C16H22N4O2/c1-12-10-14(12)16(22)20-8-6-19(7-9-20)11-15(21)18-13-2-4-17-5-3-13/h2-5,12,14H,6-11H2,1H3,(H,17,18,21)/t12-,14-/m0/s1. The van der Waals surface area contributed by atoms with Crippen molar-refractivity contribution in [1.82, 2.24) is 14.8 Å². The van der Waals surface area contributed by atoms with E-state index in [1.807, 2.05) is 4.90 Å². The highest BCUT2D eigenvalue weighted by molar-refractivity contribution is 5.92. The molecule has 1 saturated carbocycles. The molecule has 0 aromatic carbocycles. The molecule has 0 bridgehead atoms. The monoisotopic (exact) mass is 302 g/mol. The summed E-state index contributed by atoms with van der Waals surface area (Å²) >= 11 is 0. The second-order valence-electron chi connectivity index (χ2n) is 6.20. The number of nitrogens with one attached hydrogen (secondary N) is 1. The van der Waals surface area contributed by atoms with Gasteiger partial charge in [0.1, 0.15) is 0 Å². The second-order valence-corrected chi connectivity index (χ2v) is 6.20. The molecule has 2 atom stereocenters. The molecule has 118 valence electrons. The summed E-state index contributed by atoms with van der Waals surface area (Å²) in [5.74, 6) is 1.08. The van der Waals surface area contributed by atoms with E-state index in [1.54, 1.807) is 24.5 Å². The fourth-order valence-electron chi connectivity index (χ4n) is 2.87. The van der Waals surface area contributed by atoms with Crippen molar-refractivity contribution in [2.75, 3.05) is 38.0 Å². The van der Waals surface area contributed by atoms with Crippen molar-refractivity contribution in [3.8, 4) is 0 Å². The van der Waals surface area contributed by atoms with Gasteiger partial charge < -0.3 is 10.2 Å². The largest absolute Gasteiger partial charge is 0.340 e. The Bertz CT molecular complexity index is 540. The van der Waals surface area contributed by atoms with Gasteiger partial charge in [0.15, 0.2) is 0 Å². The third-order valence-corrected chi connectivity index (χ3v) is 4.44. The zero-order valence-corrected chi connectivity index (χ0v) is 12.9. The molecule has 0 unspecified atom stereocenters. The van der Waals surface area contributed by atoms with Crippen molar-refractivity contribution >= 4 is 17.5 Å². The minimum absolute atomic E-state index is 0.0261. The van der Waals surface area contributed by atoms with Gasteiger partial charge in [-0.15, -0.1) is 0 Å². The minimum atomic E-state index is -0.0261. The Labute approximate surface area is 130 Å². The number of nitrogens with zero attached hydrogens (tertiary/aromatic N) is 3. The number of anilines is 1. The van der Waals surface area contributed by atoms with Crippen LogP contribution in [0.3, 0.4) is 0 Å². The molecule has 1 saturated heterocycles. The Morgan fingerprint density at radius 1 is 1.23 bits per heavy atom. The Morgan fingerprint density at radius 2 is 1.86 bits per heavy atom. The van der Waals surface area contributed by atoms with Gasteiger partial charge in [-0.05, 0) is 24.5 Å². The van der Waals surface area contributed by atoms with Crippen molar-refractivity contribution in [1.29, 1.82) is 0 Å². The van der Waals surface area contributed by atoms with Crippen molar-refractivity contribution in [2.45, 2.75) is 13.3 Å². The lowest BCUT2D eigenvalue weighted by Gasteiger charge is -2.34. The van der Waals surface area contributed by atoms with Gasteiger partial charge in [-0.25, -0.2) is 0 Å². The Kier molecular flexibility index (Phi) is 4.38. The van der Waals surface area contributed by atoms with Gasteiger partial charge in [0.05, 0.1) is 6.54 Å². The lowest BCUT2D eigenvalue weighted by atomic mass is 10.2. The van der Waals surface area contributed by atoms with Crippen LogP contribution in [0.2, 0.25) is 0 Å². The van der Waals surface area contributed by atoms with E-state index in [0.717, 1.165) is 38.3 Å². The molecule has 1 aliphatic carbocycles. The summed E-state index contributed by atoms with van der Waals surface area (Å²) in [7, 11) is 0. The minimum Gasteiger partial charge on any atom is -0.340 e. The molecular formula is C16H22N4O2. The SMILES string of the molecule is C[C@H]1C[C@@H]1C(=O)N1CCN(CC(=O)Nc2ccncc2)CC1. The second kappa shape index (κ2) is 6.44. The van der Waals surface area contributed by atoms with E-state index in [0.29, 0.717) is 18.4 Å². The van der Waals surface area contributed by atoms with Gasteiger partial charge in [-0.2, -0.15) is 0 Å². The third-order valence-electron chi connectivity index (χ3n) is 4.44. The van der Waals surface area contributed by atoms with Gasteiger partial charge in [-0.1, -0.05) is 6.92 Å². The van der Waals surface area contributed by atoms with Crippen molar-refractivity contribution in [3.63, 3.8) is 0 Å². The van der Waals surface area contributed by atoms with Crippen LogP contribution < -0.4 is 5.32 Å². The Morgan fingerprint density at radius 3 is 2.45 bits per heavy atom. The number of hydrogen-bond acceptors (Lipinski definition) is 4. The van der Waals surface area contributed by atoms with Gasteiger partial charge in [0.25, 0.3) is 0 Å². The molecule has 22 heavy (non-hydrogen) atoms. The van der Waals surface area contributed by atoms with Crippen LogP contribution >= 0.6 is 0 Å². The number of hydrogen-bond donors (Lipinski definition) is 1. The van der Waals surface area contributed by atoms with Crippen LogP contribution in [0, 0.1) is 11.8 Å². The first kappa shape index (κ1) is 15.0. The average molecular weight is 302 g/mol. The summed E-state index contributed by atoms with van der Waals surface area (Å²) in [6, 6.07) is 3.54. The summed E-state index contributed by atoms with van der Waals surface area (Å²) < 4.78 is 0. The highest BCUT2D eigenvalue weighted by Gasteiger charge is 2.41. The summed E-state index contributed by atoms with van der Waals surface area (Å²) in [5.41, 5.74) is 0.761. The lowest BCUT2D eigenvalue weighted by molar-refractivity contribution is -0.134. The molecule has 6 nitrogen and oxygen atoms in total. The number of carbonyl (C=O) groups is 2. The fraction of sp³-hybridized carbons (Fsp3) is 0.562. The summed E-state index contributed by atoms with van der Waals surface area (Å²) in [5, 5.41) is 2.86. The average Bonchev–Trinajstić information content (AvgIpc) is 3.25.